The maximum atomic E-state index is 11.3. The first-order valence-electron chi connectivity index (χ1n) is 4.81. The first-order valence-corrected chi connectivity index (χ1v) is 4.81. The monoisotopic (exact) mass is 191 g/mol. The van der Waals surface area contributed by atoms with Crippen LogP contribution in [-0.4, -0.2) is 24.1 Å². The highest BCUT2D eigenvalue weighted by Crippen LogP contribution is 2.25. The molecule has 0 N–H and O–H groups in total. The van der Waals surface area contributed by atoms with Crippen molar-refractivity contribution in [2.24, 2.45) is 0 Å². The molecule has 1 atom stereocenters. The Morgan fingerprint density at radius 1 is 1.43 bits per heavy atom. The van der Waals surface area contributed by atoms with Crippen LogP contribution in [-0.2, 0) is 4.74 Å². The molecule has 3 nitrogen and oxygen atoms in total. The molecule has 0 aliphatic carbocycles. The fourth-order valence-electron chi connectivity index (χ4n) is 1.61. The summed E-state index contributed by atoms with van der Waals surface area (Å²) >= 11 is 0. The van der Waals surface area contributed by atoms with E-state index >= 15 is 0 Å². The highest BCUT2D eigenvalue weighted by molar-refractivity contribution is 5.70. The van der Waals surface area contributed by atoms with Crippen LogP contribution in [0.2, 0.25) is 0 Å². The lowest BCUT2D eigenvalue weighted by molar-refractivity contribution is 0.133. The second kappa shape index (κ2) is 3.70. The van der Waals surface area contributed by atoms with Crippen LogP contribution in [0.25, 0.3) is 0 Å². The zero-order valence-corrected chi connectivity index (χ0v) is 8.14. The van der Waals surface area contributed by atoms with Gasteiger partial charge in [-0.1, -0.05) is 30.3 Å². The number of hydrogen-bond donors (Lipinski definition) is 0. The number of carbonyl (C=O) groups is 1. The summed E-state index contributed by atoms with van der Waals surface area (Å²) < 4.78 is 5.24. The predicted octanol–water partition coefficient (Wildman–Crippen LogP) is 2.20. The van der Waals surface area contributed by atoms with E-state index in [0.29, 0.717) is 13.1 Å². The molecule has 1 aromatic rings. The Labute approximate surface area is 83.3 Å². The molecule has 0 bridgehead atoms. The zero-order chi connectivity index (χ0) is 9.97. The normalized spacial score (nSPS) is 21.1. The summed E-state index contributed by atoms with van der Waals surface area (Å²) in [5, 5.41) is 0. The quantitative estimate of drug-likeness (QED) is 0.717. The molecule has 0 spiro atoms. The Morgan fingerprint density at radius 2 is 2.14 bits per heavy atom. The minimum Gasteiger partial charge on any atom is -0.439 e. The standard InChI is InChI=1S/C11H13NO2/c1-2-12-8-10(14-11(12)13)9-6-4-3-5-7-9/h3-7,10H,2,8H2,1H3. The highest BCUT2D eigenvalue weighted by atomic mass is 16.6. The lowest BCUT2D eigenvalue weighted by Crippen LogP contribution is -2.23. The van der Waals surface area contributed by atoms with E-state index in [1.165, 1.54) is 0 Å². The SMILES string of the molecule is CCN1CC(c2ccccc2)OC1=O. The predicted molar refractivity (Wildman–Crippen MR) is 52.9 cm³/mol. The Kier molecular flexibility index (Phi) is 2.39. The molecule has 1 heterocycles. The summed E-state index contributed by atoms with van der Waals surface area (Å²) in [6, 6.07) is 9.83. The summed E-state index contributed by atoms with van der Waals surface area (Å²) in [4.78, 5) is 13.0. The van der Waals surface area contributed by atoms with Crippen molar-refractivity contribution in [1.29, 1.82) is 0 Å². The molecule has 0 saturated carbocycles. The van der Waals surface area contributed by atoms with Crippen LogP contribution in [0.3, 0.4) is 0 Å². The van der Waals surface area contributed by atoms with Crippen LogP contribution in [0.4, 0.5) is 4.79 Å². The van der Waals surface area contributed by atoms with Crippen LogP contribution >= 0.6 is 0 Å². The van der Waals surface area contributed by atoms with Crippen LogP contribution in [0, 0.1) is 0 Å². The Hall–Kier alpha value is -1.51. The number of benzene rings is 1. The van der Waals surface area contributed by atoms with Crippen LogP contribution in [0.5, 0.6) is 0 Å². The molecule has 1 aliphatic heterocycles. The van der Waals surface area contributed by atoms with Gasteiger partial charge in [-0.15, -0.1) is 0 Å². The number of amides is 1. The minimum atomic E-state index is -0.207. The van der Waals surface area contributed by atoms with Gasteiger partial charge in [-0.2, -0.15) is 0 Å². The van der Waals surface area contributed by atoms with Crippen molar-refractivity contribution >= 4 is 6.09 Å². The molecule has 1 fully saturated rings. The van der Waals surface area contributed by atoms with Crippen molar-refractivity contribution in [3.8, 4) is 0 Å². The van der Waals surface area contributed by atoms with Gasteiger partial charge in [-0.25, -0.2) is 4.79 Å². The van der Waals surface area contributed by atoms with Gasteiger partial charge in [0.15, 0.2) is 0 Å². The van der Waals surface area contributed by atoms with Gasteiger partial charge in [0.25, 0.3) is 0 Å². The molecule has 1 amide bonds. The molecule has 1 aromatic carbocycles. The van der Waals surface area contributed by atoms with Gasteiger partial charge in [-0.3, -0.25) is 0 Å². The molecule has 74 valence electrons. The number of ether oxygens (including phenoxy) is 1. The van der Waals surface area contributed by atoms with Gasteiger partial charge < -0.3 is 9.64 Å². The first-order chi connectivity index (χ1) is 6.81. The first kappa shape index (κ1) is 9.06. The second-order valence-corrected chi connectivity index (χ2v) is 3.32. The van der Waals surface area contributed by atoms with Crippen molar-refractivity contribution < 1.29 is 9.53 Å². The third-order valence-electron chi connectivity index (χ3n) is 2.44. The summed E-state index contributed by atoms with van der Waals surface area (Å²) in [6.45, 7) is 3.33. The van der Waals surface area contributed by atoms with E-state index in [4.69, 9.17) is 4.74 Å². The lowest BCUT2D eigenvalue weighted by atomic mass is 10.1. The summed E-state index contributed by atoms with van der Waals surface area (Å²) in [6.07, 6.45) is -0.301. The molecule has 1 aliphatic rings. The Balaban J connectivity index is 2.13. The Morgan fingerprint density at radius 3 is 2.71 bits per heavy atom. The molecular weight excluding hydrogens is 178 g/mol. The van der Waals surface area contributed by atoms with E-state index in [-0.39, 0.29) is 12.2 Å². The molecule has 1 unspecified atom stereocenters. The van der Waals surface area contributed by atoms with Crippen LogP contribution in [0.1, 0.15) is 18.6 Å². The molecule has 1 saturated heterocycles. The van der Waals surface area contributed by atoms with E-state index in [1.807, 2.05) is 37.3 Å². The van der Waals surface area contributed by atoms with Gasteiger partial charge in [0.1, 0.15) is 6.10 Å². The molecule has 14 heavy (non-hydrogen) atoms. The zero-order valence-electron chi connectivity index (χ0n) is 8.14. The average molecular weight is 191 g/mol. The smallest absolute Gasteiger partial charge is 0.410 e. The number of likely N-dealkylation sites (N-methyl/N-ethyl adjacent to an activating group) is 1. The largest absolute Gasteiger partial charge is 0.439 e. The molecule has 0 aromatic heterocycles. The van der Waals surface area contributed by atoms with Gasteiger partial charge in [0.05, 0.1) is 6.54 Å². The maximum absolute atomic E-state index is 11.3. The molecule has 0 radical (unpaired) electrons. The summed E-state index contributed by atoms with van der Waals surface area (Å²) in [7, 11) is 0. The second-order valence-electron chi connectivity index (χ2n) is 3.32. The highest BCUT2D eigenvalue weighted by Gasteiger charge is 2.30. The third kappa shape index (κ3) is 1.58. The van der Waals surface area contributed by atoms with Crippen molar-refractivity contribution in [1.82, 2.24) is 4.90 Å². The number of rotatable bonds is 2. The van der Waals surface area contributed by atoms with Crippen molar-refractivity contribution in [2.75, 3.05) is 13.1 Å². The van der Waals surface area contributed by atoms with Gasteiger partial charge >= 0.3 is 6.09 Å². The van der Waals surface area contributed by atoms with Crippen LogP contribution in [0.15, 0.2) is 30.3 Å². The molecule has 3 heteroatoms. The number of hydrogen-bond acceptors (Lipinski definition) is 2. The van der Waals surface area contributed by atoms with E-state index < -0.39 is 0 Å². The summed E-state index contributed by atoms with van der Waals surface area (Å²) in [5.41, 5.74) is 1.07. The minimum absolute atomic E-state index is 0.0938. The number of carbonyl (C=O) groups excluding carboxylic acids is 1. The fraction of sp³-hybridized carbons (Fsp3) is 0.364. The van der Waals surface area contributed by atoms with Crippen molar-refractivity contribution in [2.45, 2.75) is 13.0 Å². The van der Waals surface area contributed by atoms with Crippen LogP contribution < -0.4 is 0 Å². The van der Waals surface area contributed by atoms with Crippen molar-refractivity contribution in [3.63, 3.8) is 0 Å². The number of cyclic esters (lactones) is 1. The summed E-state index contributed by atoms with van der Waals surface area (Å²) in [5.74, 6) is 0. The molecule has 2 rings (SSSR count). The van der Waals surface area contributed by atoms with E-state index in [0.717, 1.165) is 5.56 Å². The maximum Gasteiger partial charge on any atom is 0.410 e. The van der Waals surface area contributed by atoms with Gasteiger partial charge in [0, 0.05) is 6.54 Å². The topological polar surface area (TPSA) is 29.5 Å². The lowest BCUT2D eigenvalue weighted by Gasteiger charge is -2.08. The van der Waals surface area contributed by atoms with E-state index in [1.54, 1.807) is 4.90 Å². The number of nitrogens with zero attached hydrogens (tertiary/aromatic N) is 1. The van der Waals surface area contributed by atoms with E-state index in [9.17, 15) is 4.79 Å². The molecular formula is C11H13NO2. The average Bonchev–Trinajstić information content (AvgIpc) is 2.61. The third-order valence-corrected chi connectivity index (χ3v) is 2.44. The van der Waals surface area contributed by atoms with Gasteiger partial charge in [0.2, 0.25) is 0 Å². The Bertz CT molecular complexity index is 323. The van der Waals surface area contributed by atoms with Crippen molar-refractivity contribution in [3.05, 3.63) is 35.9 Å². The fourth-order valence-corrected chi connectivity index (χ4v) is 1.61. The van der Waals surface area contributed by atoms with E-state index in [2.05, 4.69) is 0 Å². The van der Waals surface area contributed by atoms with Gasteiger partial charge in [-0.05, 0) is 12.5 Å².